The van der Waals surface area contributed by atoms with Crippen LogP contribution in [0.3, 0.4) is 0 Å². The van der Waals surface area contributed by atoms with Gasteiger partial charge in [-0.2, -0.15) is 0 Å². The molecule has 0 heterocycles. The monoisotopic (exact) mass is 166 g/mol. The Kier molecular flexibility index (Phi) is 1.79. The van der Waals surface area contributed by atoms with Crippen LogP contribution in [0.25, 0.3) is 0 Å². The Morgan fingerprint density at radius 1 is 1.00 bits per heavy atom. The maximum Gasteiger partial charge on any atom is -0.0308 e. The SMILES string of the molecule is CC1C(C(C)(C)C)[C@H]2CC[C@@H]1C2. The molecule has 0 radical (unpaired) electrons. The minimum atomic E-state index is 0.555. The lowest BCUT2D eigenvalue weighted by molar-refractivity contribution is 0.106. The van der Waals surface area contributed by atoms with Crippen molar-refractivity contribution in [3.05, 3.63) is 0 Å². The minimum absolute atomic E-state index is 0.555. The van der Waals surface area contributed by atoms with Gasteiger partial charge in [-0.3, -0.25) is 0 Å². The lowest BCUT2D eigenvalue weighted by Crippen LogP contribution is -2.31. The van der Waals surface area contributed by atoms with Crippen molar-refractivity contribution < 1.29 is 0 Å². The van der Waals surface area contributed by atoms with Crippen molar-refractivity contribution >= 4 is 0 Å². The quantitative estimate of drug-likeness (QED) is 0.514. The minimum Gasteiger partial charge on any atom is -0.0619 e. The molecule has 0 aromatic rings. The van der Waals surface area contributed by atoms with E-state index in [9.17, 15) is 0 Å². The first kappa shape index (κ1) is 8.59. The lowest BCUT2D eigenvalue weighted by Gasteiger charge is -2.38. The van der Waals surface area contributed by atoms with Gasteiger partial charge in [0.25, 0.3) is 0 Å². The Labute approximate surface area is 76.7 Å². The predicted octanol–water partition coefficient (Wildman–Crippen LogP) is 3.71. The molecular weight excluding hydrogens is 144 g/mol. The van der Waals surface area contributed by atoms with Gasteiger partial charge in [0.15, 0.2) is 0 Å². The Hall–Kier alpha value is 0. The number of rotatable bonds is 0. The second-order valence-electron chi connectivity index (χ2n) is 6.08. The fraction of sp³-hybridized carbons (Fsp3) is 1.00. The largest absolute Gasteiger partial charge is 0.0619 e. The first-order chi connectivity index (χ1) is 5.50. The van der Waals surface area contributed by atoms with E-state index in [0.29, 0.717) is 5.41 Å². The summed E-state index contributed by atoms with van der Waals surface area (Å²) in [5.41, 5.74) is 0.555. The van der Waals surface area contributed by atoms with Crippen LogP contribution in [0.4, 0.5) is 0 Å². The highest BCUT2D eigenvalue weighted by atomic mass is 14.5. The van der Waals surface area contributed by atoms with E-state index in [4.69, 9.17) is 0 Å². The molecule has 0 aliphatic heterocycles. The molecule has 0 spiro atoms. The van der Waals surface area contributed by atoms with E-state index in [-0.39, 0.29) is 0 Å². The van der Waals surface area contributed by atoms with Crippen LogP contribution in [-0.2, 0) is 0 Å². The highest BCUT2D eigenvalue weighted by Gasteiger charge is 2.49. The van der Waals surface area contributed by atoms with Gasteiger partial charge in [0, 0.05) is 0 Å². The molecule has 0 saturated heterocycles. The molecule has 0 aromatic heterocycles. The van der Waals surface area contributed by atoms with Crippen molar-refractivity contribution in [1.29, 1.82) is 0 Å². The molecule has 0 aromatic carbocycles. The van der Waals surface area contributed by atoms with Crippen molar-refractivity contribution in [3.63, 3.8) is 0 Å². The summed E-state index contributed by atoms with van der Waals surface area (Å²) in [5, 5.41) is 0. The van der Waals surface area contributed by atoms with E-state index in [0.717, 1.165) is 23.7 Å². The Balaban J connectivity index is 2.17. The molecule has 0 amide bonds. The molecule has 2 bridgehead atoms. The van der Waals surface area contributed by atoms with E-state index >= 15 is 0 Å². The molecule has 4 atom stereocenters. The maximum atomic E-state index is 2.49. The third-order valence-electron chi connectivity index (χ3n) is 4.33. The summed E-state index contributed by atoms with van der Waals surface area (Å²) >= 11 is 0. The summed E-state index contributed by atoms with van der Waals surface area (Å²) in [6, 6.07) is 0. The average molecular weight is 166 g/mol. The van der Waals surface area contributed by atoms with Crippen LogP contribution in [0.15, 0.2) is 0 Å². The molecule has 2 unspecified atom stereocenters. The van der Waals surface area contributed by atoms with Crippen LogP contribution in [0.2, 0.25) is 0 Å². The Morgan fingerprint density at radius 2 is 1.58 bits per heavy atom. The standard InChI is InChI=1S/C12H22/c1-8-9-5-6-10(7-9)11(8)12(2,3)4/h8-11H,5-7H2,1-4H3/t8?,9-,10+,11?/m1/s1. The second-order valence-corrected chi connectivity index (χ2v) is 6.08. The van der Waals surface area contributed by atoms with Crippen molar-refractivity contribution in [3.8, 4) is 0 Å². The van der Waals surface area contributed by atoms with Gasteiger partial charge in [-0.1, -0.05) is 27.7 Å². The molecule has 2 aliphatic rings. The first-order valence-electron chi connectivity index (χ1n) is 5.50. The smallest absolute Gasteiger partial charge is 0.0308 e. The van der Waals surface area contributed by atoms with E-state index < -0.39 is 0 Å². The van der Waals surface area contributed by atoms with Crippen molar-refractivity contribution in [2.24, 2.45) is 29.1 Å². The second kappa shape index (κ2) is 2.49. The van der Waals surface area contributed by atoms with Crippen LogP contribution in [-0.4, -0.2) is 0 Å². The summed E-state index contributed by atoms with van der Waals surface area (Å²) in [5.74, 6) is 4.17. The predicted molar refractivity (Wildman–Crippen MR) is 52.9 cm³/mol. The van der Waals surface area contributed by atoms with Gasteiger partial charge in [0.1, 0.15) is 0 Å². The van der Waals surface area contributed by atoms with E-state index in [1.807, 2.05) is 0 Å². The summed E-state index contributed by atoms with van der Waals surface area (Å²) in [6.45, 7) is 9.76. The number of hydrogen-bond acceptors (Lipinski definition) is 0. The summed E-state index contributed by atoms with van der Waals surface area (Å²) in [7, 11) is 0. The lowest BCUT2D eigenvalue weighted by atomic mass is 9.67. The van der Waals surface area contributed by atoms with Gasteiger partial charge in [-0.25, -0.2) is 0 Å². The van der Waals surface area contributed by atoms with Gasteiger partial charge >= 0.3 is 0 Å². The molecule has 0 heteroatoms. The zero-order valence-electron chi connectivity index (χ0n) is 8.93. The number of fused-ring (bicyclic) bond motifs is 2. The maximum absolute atomic E-state index is 2.49. The molecule has 2 saturated carbocycles. The van der Waals surface area contributed by atoms with Gasteiger partial charge in [0.05, 0.1) is 0 Å². The zero-order valence-corrected chi connectivity index (χ0v) is 8.93. The average Bonchev–Trinajstić information content (AvgIpc) is 2.42. The van der Waals surface area contributed by atoms with Crippen LogP contribution in [0, 0.1) is 29.1 Å². The molecule has 2 fully saturated rings. The zero-order chi connectivity index (χ0) is 8.93. The highest BCUT2D eigenvalue weighted by molar-refractivity contribution is 4.98. The van der Waals surface area contributed by atoms with E-state index in [1.54, 1.807) is 6.42 Å². The third-order valence-corrected chi connectivity index (χ3v) is 4.33. The van der Waals surface area contributed by atoms with Crippen LogP contribution >= 0.6 is 0 Å². The molecule has 2 rings (SSSR count). The molecular formula is C12H22. The van der Waals surface area contributed by atoms with Gasteiger partial charge < -0.3 is 0 Å². The van der Waals surface area contributed by atoms with Gasteiger partial charge in [-0.15, -0.1) is 0 Å². The summed E-state index contributed by atoms with van der Waals surface area (Å²) in [6.07, 6.45) is 4.60. The highest BCUT2D eigenvalue weighted by Crippen LogP contribution is 2.57. The van der Waals surface area contributed by atoms with Crippen LogP contribution in [0.5, 0.6) is 0 Å². The van der Waals surface area contributed by atoms with Crippen molar-refractivity contribution in [2.45, 2.75) is 47.0 Å². The molecule has 2 aliphatic carbocycles. The fourth-order valence-electron chi connectivity index (χ4n) is 4.07. The van der Waals surface area contributed by atoms with Gasteiger partial charge in [0.2, 0.25) is 0 Å². The fourth-order valence-corrected chi connectivity index (χ4v) is 4.07. The normalized spacial score (nSPS) is 47.0. The van der Waals surface area contributed by atoms with Gasteiger partial charge in [-0.05, 0) is 48.3 Å². The molecule has 0 N–H and O–H groups in total. The van der Waals surface area contributed by atoms with E-state index in [1.165, 1.54) is 12.8 Å². The molecule has 12 heavy (non-hydrogen) atoms. The van der Waals surface area contributed by atoms with Crippen LogP contribution in [0.1, 0.15) is 47.0 Å². The summed E-state index contributed by atoms with van der Waals surface area (Å²) < 4.78 is 0. The van der Waals surface area contributed by atoms with Crippen LogP contribution < -0.4 is 0 Å². The topological polar surface area (TPSA) is 0 Å². The Morgan fingerprint density at radius 3 is 1.92 bits per heavy atom. The Bertz CT molecular complexity index is 173. The van der Waals surface area contributed by atoms with Crippen molar-refractivity contribution in [1.82, 2.24) is 0 Å². The van der Waals surface area contributed by atoms with Crippen molar-refractivity contribution in [2.75, 3.05) is 0 Å². The third kappa shape index (κ3) is 1.11. The first-order valence-corrected chi connectivity index (χ1v) is 5.50. The number of hydrogen-bond donors (Lipinski definition) is 0. The summed E-state index contributed by atoms with van der Waals surface area (Å²) in [4.78, 5) is 0. The molecule has 0 nitrogen and oxygen atoms in total. The van der Waals surface area contributed by atoms with E-state index in [2.05, 4.69) is 27.7 Å². The molecule has 70 valence electrons.